The van der Waals surface area contributed by atoms with Crippen molar-refractivity contribution in [3.05, 3.63) is 47.5 Å². The molecule has 0 unspecified atom stereocenters. The molecule has 0 spiro atoms. The molecule has 20 heavy (non-hydrogen) atoms. The summed E-state index contributed by atoms with van der Waals surface area (Å²) in [4.78, 5) is 12.1. The number of Topliss-reactive ketones (excluding diaryl/α,β-unsaturated/α-hetero) is 1. The highest BCUT2D eigenvalue weighted by atomic mass is 16.5. The summed E-state index contributed by atoms with van der Waals surface area (Å²) < 4.78 is 5.65. The molecule has 1 heterocycles. The van der Waals surface area contributed by atoms with E-state index < -0.39 is 23.4 Å². The molecule has 3 N–H and O–H groups in total. The van der Waals surface area contributed by atoms with Gasteiger partial charge in [0.15, 0.2) is 17.3 Å². The molecule has 0 aromatic heterocycles. The van der Waals surface area contributed by atoms with Crippen molar-refractivity contribution >= 4 is 5.78 Å². The van der Waals surface area contributed by atoms with Crippen molar-refractivity contribution in [2.45, 2.75) is 12.5 Å². The average Bonchev–Trinajstić information content (AvgIpc) is 2.45. The molecule has 0 saturated carbocycles. The van der Waals surface area contributed by atoms with Gasteiger partial charge in [-0.3, -0.25) is 4.79 Å². The molecular formula is C15H12O5. The standard InChI is InChI=1S/C15H12O5/c16-9-6-11(8-4-2-1-3-5-8)20-12-7-10(17)14(18)15(19)13(9)12/h1-5,7,11,17-19H,6H2/t11-/m0/s1. The zero-order valence-electron chi connectivity index (χ0n) is 10.4. The number of hydrogen-bond donors (Lipinski definition) is 3. The Hall–Kier alpha value is -2.69. The second-order valence-electron chi connectivity index (χ2n) is 4.61. The highest BCUT2D eigenvalue weighted by molar-refractivity contribution is 6.03. The molecular weight excluding hydrogens is 260 g/mol. The van der Waals surface area contributed by atoms with Crippen LogP contribution in [0.5, 0.6) is 23.0 Å². The van der Waals surface area contributed by atoms with Crippen LogP contribution in [0.3, 0.4) is 0 Å². The Balaban J connectivity index is 2.06. The SMILES string of the molecule is O=C1C[C@@H](c2ccccc2)Oc2cc(O)c(O)c(O)c21. The van der Waals surface area contributed by atoms with E-state index in [2.05, 4.69) is 0 Å². The molecule has 1 aliphatic rings. The van der Waals surface area contributed by atoms with Gasteiger partial charge in [0.1, 0.15) is 17.4 Å². The molecule has 5 heteroatoms. The molecule has 0 radical (unpaired) electrons. The molecule has 1 aliphatic heterocycles. The Morgan fingerprint density at radius 3 is 2.45 bits per heavy atom. The Kier molecular flexibility index (Phi) is 2.75. The lowest BCUT2D eigenvalue weighted by Crippen LogP contribution is -2.20. The summed E-state index contributed by atoms with van der Waals surface area (Å²) in [5.41, 5.74) is 0.742. The van der Waals surface area contributed by atoms with E-state index in [1.165, 1.54) is 0 Å². The van der Waals surface area contributed by atoms with E-state index in [4.69, 9.17) is 4.74 Å². The van der Waals surface area contributed by atoms with Crippen LogP contribution in [0.25, 0.3) is 0 Å². The van der Waals surface area contributed by atoms with E-state index in [-0.39, 0.29) is 23.5 Å². The average molecular weight is 272 g/mol. The quantitative estimate of drug-likeness (QED) is 0.694. The van der Waals surface area contributed by atoms with Crippen LogP contribution in [-0.2, 0) is 0 Å². The van der Waals surface area contributed by atoms with E-state index in [1.54, 1.807) is 0 Å². The van der Waals surface area contributed by atoms with Crippen LogP contribution >= 0.6 is 0 Å². The second kappa shape index (κ2) is 4.45. The molecule has 0 aliphatic carbocycles. The van der Waals surface area contributed by atoms with Gasteiger partial charge in [0.2, 0.25) is 5.75 Å². The third kappa shape index (κ3) is 1.84. The Bertz CT molecular complexity index is 678. The van der Waals surface area contributed by atoms with Crippen LogP contribution in [0, 0.1) is 0 Å². The predicted octanol–water partition coefficient (Wildman–Crippen LogP) is 2.51. The van der Waals surface area contributed by atoms with Crippen molar-refractivity contribution < 1.29 is 24.9 Å². The molecule has 1 atom stereocenters. The van der Waals surface area contributed by atoms with E-state index in [0.717, 1.165) is 11.6 Å². The van der Waals surface area contributed by atoms with Crippen LogP contribution in [0.4, 0.5) is 0 Å². The zero-order valence-corrected chi connectivity index (χ0v) is 10.4. The Morgan fingerprint density at radius 1 is 1.05 bits per heavy atom. The van der Waals surface area contributed by atoms with Gasteiger partial charge in [-0.15, -0.1) is 0 Å². The van der Waals surface area contributed by atoms with Gasteiger partial charge in [-0.2, -0.15) is 0 Å². The van der Waals surface area contributed by atoms with Gasteiger partial charge in [0.25, 0.3) is 0 Å². The minimum Gasteiger partial charge on any atom is -0.504 e. The second-order valence-corrected chi connectivity index (χ2v) is 4.61. The minimum atomic E-state index is -0.709. The fourth-order valence-corrected chi connectivity index (χ4v) is 2.30. The van der Waals surface area contributed by atoms with Crippen molar-refractivity contribution in [3.8, 4) is 23.0 Å². The Morgan fingerprint density at radius 2 is 1.75 bits per heavy atom. The topological polar surface area (TPSA) is 87.0 Å². The number of carbonyl (C=O) groups is 1. The number of ketones is 1. The number of aromatic hydroxyl groups is 3. The van der Waals surface area contributed by atoms with E-state index in [0.29, 0.717) is 0 Å². The van der Waals surface area contributed by atoms with Gasteiger partial charge in [-0.25, -0.2) is 0 Å². The molecule has 102 valence electrons. The molecule has 0 bridgehead atoms. The lowest BCUT2D eigenvalue weighted by molar-refractivity contribution is 0.0843. The highest BCUT2D eigenvalue weighted by Crippen LogP contribution is 2.47. The third-order valence-corrected chi connectivity index (χ3v) is 3.31. The summed E-state index contributed by atoms with van der Waals surface area (Å²) >= 11 is 0. The monoisotopic (exact) mass is 272 g/mol. The largest absolute Gasteiger partial charge is 0.504 e. The van der Waals surface area contributed by atoms with Crippen LogP contribution < -0.4 is 4.74 Å². The number of carbonyl (C=O) groups excluding carboxylic acids is 1. The van der Waals surface area contributed by atoms with Gasteiger partial charge >= 0.3 is 0 Å². The molecule has 0 fully saturated rings. The fourth-order valence-electron chi connectivity index (χ4n) is 2.30. The molecule has 0 saturated heterocycles. The normalized spacial score (nSPS) is 17.4. The van der Waals surface area contributed by atoms with Crippen molar-refractivity contribution in [2.75, 3.05) is 0 Å². The zero-order chi connectivity index (χ0) is 14.3. The third-order valence-electron chi connectivity index (χ3n) is 3.31. The first-order valence-corrected chi connectivity index (χ1v) is 6.10. The maximum atomic E-state index is 12.1. The van der Waals surface area contributed by atoms with Crippen LogP contribution in [0.2, 0.25) is 0 Å². The number of rotatable bonds is 1. The number of phenols is 3. The predicted molar refractivity (Wildman–Crippen MR) is 70.2 cm³/mol. The summed E-state index contributed by atoms with van der Waals surface area (Å²) in [5, 5.41) is 28.7. The first-order valence-electron chi connectivity index (χ1n) is 6.10. The van der Waals surface area contributed by atoms with E-state index in [1.807, 2.05) is 30.3 Å². The number of phenolic OH excluding ortho intramolecular Hbond substituents is 3. The van der Waals surface area contributed by atoms with Gasteiger partial charge in [0.05, 0.1) is 6.42 Å². The van der Waals surface area contributed by atoms with E-state index in [9.17, 15) is 20.1 Å². The number of fused-ring (bicyclic) bond motifs is 1. The summed E-state index contributed by atoms with van der Waals surface area (Å²) in [6, 6.07) is 10.3. The van der Waals surface area contributed by atoms with Gasteiger partial charge < -0.3 is 20.1 Å². The molecule has 5 nitrogen and oxygen atoms in total. The lowest BCUT2D eigenvalue weighted by atomic mass is 9.95. The number of ether oxygens (including phenoxy) is 1. The first kappa shape index (κ1) is 12.3. The molecule has 0 amide bonds. The number of hydrogen-bond acceptors (Lipinski definition) is 5. The smallest absolute Gasteiger partial charge is 0.201 e. The first-order chi connectivity index (χ1) is 9.58. The minimum absolute atomic E-state index is 0.0643. The van der Waals surface area contributed by atoms with Crippen molar-refractivity contribution in [3.63, 3.8) is 0 Å². The van der Waals surface area contributed by atoms with E-state index >= 15 is 0 Å². The molecule has 2 aromatic rings. The maximum Gasteiger partial charge on any atom is 0.201 e. The van der Waals surface area contributed by atoms with Gasteiger partial charge in [-0.1, -0.05) is 30.3 Å². The van der Waals surface area contributed by atoms with Crippen molar-refractivity contribution in [1.82, 2.24) is 0 Å². The van der Waals surface area contributed by atoms with Crippen LogP contribution in [0.1, 0.15) is 28.4 Å². The van der Waals surface area contributed by atoms with Crippen LogP contribution in [-0.4, -0.2) is 21.1 Å². The molecule has 3 rings (SSSR count). The van der Waals surface area contributed by atoms with Crippen molar-refractivity contribution in [1.29, 1.82) is 0 Å². The van der Waals surface area contributed by atoms with Crippen molar-refractivity contribution in [2.24, 2.45) is 0 Å². The summed E-state index contributed by atoms with van der Waals surface area (Å²) in [5.74, 6) is -2.14. The Labute approximate surface area is 114 Å². The van der Waals surface area contributed by atoms with Gasteiger partial charge in [-0.05, 0) is 5.56 Å². The fraction of sp³-hybridized carbons (Fsp3) is 0.133. The summed E-state index contributed by atoms with van der Waals surface area (Å²) in [6.45, 7) is 0. The lowest BCUT2D eigenvalue weighted by Gasteiger charge is -2.26. The van der Waals surface area contributed by atoms with Crippen LogP contribution in [0.15, 0.2) is 36.4 Å². The highest BCUT2D eigenvalue weighted by Gasteiger charge is 2.32. The van der Waals surface area contributed by atoms with Gasteiger partial charge in [0, 0.05) is 6.07 Å². The maximum absolute atomic E-state index is 12.1. The summed E-state index contributed by atoms with van der Waals surface area (Å²) in [6.07, 6.45) is -0.408. The molecule has 2 aromatic carbocycles. The number of benzene rings is 2. The summed E-state index contributed by atoms with van der Waals surface area (Å²) in [7, 11) is 0.